The number of carbonyl (C=O) groups excluding carboxylic acids is 3. The third kappa shape index (κ3) is 5.56. The molecule has 2 aliphatic rings. The summed E-state index contributed by atoms with van der Waals surface area (Å²) in [7, 11) is 0. The summed E-state index contributed by atoms with van der Waals surface area (Å²) in [6, 6.07) is 8.54. The molecule has 1 atom stereocenters. The van der Waals surface area contributed by atoms with Gasteiger partial charge in [0.15, 0.2) is 0 Å². The highest BCUT2D eigenvalue weighted by Gasteiger charge is 2.37. The molecule has 4 rings (SSSR count). The number of nitrogens with zero attached hydrogens (tertiary/aromatic N) is 3. The van der Waals surface area contributed by atoms with Crippen LogP contribution in [-0.4, -0.2) is 66.8 Å². The van der Waals surface area contributed by atoms with Gasteiger partial charge in [0.25, 0.3) is 0 Å². The van der Waals surface area contributed by atoms with Gasteiger partial charge in [-0.2, -0.15) is 0 Å². The maximum Gasteiger partial charge on any atom is 0.238 e. The van der Waals surface area contributed by atoms with Crippen molar-refractivity contribution in [2.45, 2.75) is 12.8 Å². The molecule has 7 nitrogen and oxygen atoms in total. The highest BCUT2D eigenvalue weighted by atomic mass is 19.1. The number of hydrogen-bond donors (Lipinski definition) is 1. The van der Waals surface area contributed by atoms with Crippen molar-refractivity contribution >= 4 is 29.1 Å². The molecule has 2 aromatic carbocycles. The fourth-order valence-electron chi connectivity index (χ4n) is 4.33. The number of amides is 3. The average molecular weight is 474 g/mol. The molecule has 10 heteroatoms. The second kappa shape index (κ2) is 10.3. The number of nitrogens with one attached hydrogen (secondary N) is 1. The molecule has 3 amide bonds. The number of benzene rings is 2. The van der Waals surface area contributed by atoms with Crippen molar-refractivity contribution in [2.75, 3.05) is 49.5 Å². The van der Waals surface area contributed by atoms with Crippen molar-refractivity contribution in [3.05, 3.63) is 59.9 Å². The minimum Gasteiger partial charge on any atom is -0.341 e. The molecular formula is C24H25F3N4O3. The van der Waals surface area contributed by atoms with E-state index in [-0.39, 0.29) is 37.0 Å². The van der Waals surface area contributed by atoms with Gasteiger partial charge in [-0.05, 0) is 42.8 Å². The van der Waals surface area contributed by atoms with Gasteiger partial charge in [0.05, 0.1) is 18.2 Å². The van der Waals surface area contributed by atoms with Crippen LogP contribution in [0.3, 0.4) is 0 Å². The molecule has 0 saturated carbocycles. The zero-order valence-electron chi connectivity index (χ0n) is 18.5. The van der Waals surface area contributed by atoms with Crippen LogP contribution in [0.4, 0.5) is 24.5 Å². The van der Waals surface area contributed by atoms with Gasteiger partial charge in [0.1, 0.15) is 17.5 Å². The maximum absolute atomic E-state index is 13.8. The van der Waals surface area contributed by atoms with Crippen LogP contribution in [0.1, 0.15) is 12.8 Å². The molecule has 2 heterocycles. The lowest BCUT2D eigenvalue weighted by Gasteiger charge is -2.24. The smallest absolute Gasteiger partial charge is 0.238 e. The molecule has 180 valence electrons. The molecule has 0 radical (unpaired) electrons. The number of rotatable bonds is 5. The largest absolute Gasteiger partial charge is 0.341 e. The van der Waals surface area contributed by atoms with Crippen molar-refractivity contribution in [1.29, 1.82) is 0 Å². The Balaban J connectivity index is 1.29. The first-order valence-corrected chi connectivity index (χ1v) is 11.1. The number of hydrogen-bond acceptors (Lipinski definition) is 4. The minimum absolute atomic E-state index is 0.0130. The van der Waals surface area contributed by atoms with Gasteiger partial charge in [-0.3, -0.25) is 19.3 Å². The Bertz CT molecular complexity index is 1080. The second-order valence-electron chi connectivity index (χ2n) is 8.51. The van der Waals surface area contributed by atoms with Crippen molar-refractivity contribution in [1.82, 2.24) is 9.80 Å². The predicted molar refractivity (Wildman–Crippen MR) is 119 cm³/mol. The first kappa shape index (κ1) is 23.7. The van der Waals surface area contributed by atoms with Gasteiger partial charge >= 0.3 is 0 Å². The highest BCUT2D eigenvalue weighted by molar-refractivity contribution is 6.00. The standard InChI is InChI=1S/C24H25F3N4O3/c25-17-2-5-19(6-3-17)31-14-16(12-23(31)33)24(34)30-9-1-8-29(10-11-30)15-22(32)28-21-7-4-18(26)13-20(21)27/h2-7,13,16H,1,8-12,14-15H2,(H,28,32). The van der Waals surface area contributed by atoms with Crippen molar-refractivity contribution in [2.24, 2.45) is 5.92 Å². The number of carbonyl (C=O) groups is 3. The Morgan fingerprint density at radius 3 is 2.41 bits per heavy atom. The van der Waals surface area contributed by atoms with Gasteiger partial charge in [-0.25, -0.2) is 13.2 Å². The summed E-state index contributed by atoms with van der Waals surface area (Å²) in [5.74, 6) is -3.16. The minimum atomic E-state index is -0.846. The Kier molecular flexibility index (Phi) is 7.16. The van der Waals surface area contributed by atoms with Crippen LogP contribution in [0.15, 0.2) is 42.5 Å². The second-order valence-corrected chi connectivity index (χ2v) is 8.51. The van der Waals surface area contributed by atoms with E-state index >= 15 is 0 Å². The fraction of sp³-hybridized carbons (Fsp3) is 0.375. The molecular weight excluding hydrogens is 449 g/mol. The summed E-state index contributed by atoms with van der Waals surface area (Å²) in [6.07, 6.45) is 0.744. The first-order chi connectivity index (χ1) is 16.3. The molecule has 0 spiro atoms. The predicted octanol–water partition coefficient (Wildman–Crippen LogP) is 2.63. The topological polar surface area (TPSA) is 73.0 Å². The van der Waals surface area contributed by atoms with E-state index in [9.17, 15) is 27.6 Å². The third-order valence-corrected chi connectivity index (χ3v) is 6.09. The first-order valence-electron chi connectivity index (χ1n) is 11.1. The van der Waals surface area contributed by atoms with Crippen LogP contribution in [-0.2, 0) is 14.4 Å². The van der Waals surface area contributed by atoms with Gasteiger partial charge in [-0.1, -0.05) is 0 Å². The highest BCUT2D eigenvalue weighted by Crippen LogP contribution is 2.27. The van der Waals surface area contributed by atoms with Gasteiger partial charge in [0.2, 0.25) is 17.7 Å². The summed E-state index contributed by atoms with van der Waals surface area (Å²) in [4.78, 5) is 42.9. The summed E-state index contributed by atoms with van der Waals surface area (Å²) >= 11 is 0. The van der Waals surface area contributed by atoms with E-state index in [1.807, 2.05) is 4.90 Å². The monoisotopic (exact) mass is 474 g/mol. The summed E-state index contributed by atoms with van der Waals surface area (Å²) in [5, 5.41) is 2.44. The molecule has 0 bridgehead atoms. The van der Waals surface area contributed by atoms with Crippen LogP contribution < -0.4 is 10.2 Å². The van der Waals surface area contributed by atoms with Gasteiger partial charge in [-0.15, -0.1) is 0 Å². The lowest BCUT2D eigenvalue weighted by Crippen LogP contribution is -2.41. The van der Waals surface area contributed by atoms with Crippen LogP contribution >= 0.6 is 0 Å². The van der Waals surface area contributed by atoms with Crippen LogP contribution in [0.2, 0.25) is 0 Å². The van der Waals surface area contributed by atoms with Gasteiger partial charge < -0.3 is 15.1 Å². The molecule has 2 aliphatic heterocycles. The zero-order valence-corrected chi connectivity index (χ0v) is 18.5. The Morgan fingerprint density at radius 2 is 1.68 bits per heavy atom. The number of anilines is 2. The lowest BCUT2D eigenvalue weighted by molar-refractivity contribution is -0.135. The summed E-state index contributed by atoms with van der Waals surface area (Å²) in [5.41, 5.74) is 0.474. The van der Waals surface area contributed by atoms with E-state index in [2.05, 4.69) is 5.32 Å². The molecule has 0 aromatic heterocycles. The molecule has 2 saturated heterocycles. The van der Waals surface area contributed by atoms with Crippen molar-refractivity contribution in [3.8, 4) is 0 Å². The zero-order chi connectivity index (χ0) is 24.2. The Hall–Kier alpha value is -3.40. The van der Waals surface area contributed by atoms with Crippen molar-refractivity contribution < 1.29 is 27.6 Å². The molecule has 34 heavy (non-hydrogen) atoms. The maximum atomic E-state index is 13.8. The fourth-order valence-corrected chi connectivity index (χ4v) is 4.33. The van der Waals surface area contributed by atoms with E-state index in [1.54, 1.807) is 4.90 Å². The molecule has 2 aromatic rings. The number of halogens is 3. The molecule has 2 fully saturated rings. The van der Waals surface area contributed by atoms with E-state index in [0.717, 1.165) is 6.07 Å². The van der Waals surface area contributed by atoms with Crippen molar-refractivity contribution in [3.63, 3.8) is 0 Å². The third-order valence-electron chi connectivity index (χ3n) is 6.09. The normalized spacial score (nSPS) is 19.3. The Morgan fingerprint density at radius 1 is 0.941 bits per heavy atom. The average Bonchev–Trinajstić information content (AvgIpc) is 3.04. The molecule has 1 unspecified atom stereocenters. The van der Waals surface area contributed by atoms with E-state index < -0.39 is 29.3 Å². The van der Waals surface area contributed by atoms with E-state index in [1.165, 1.54) is 35.2 Å². The van der Waals surface area contributed by atoms with Gasteiger partial charge in [0, 0.05) is 50.9 Å². The molecule has 1 N–H and O–H groups in total. The quantitative estimate of drug-likeness (QED) is 0.723. The van der Waals surface area contributed by atoms with Crippen LogP contribution in [0, 0.1) is 23.4 Å². The lowest BCUT2D eigenvalue weighted by atomic mass is 10.1. The van der Waals surface area contributed by atoms with Crippen LogP contribution in [0.25, 0.3) is 0 Å². The summed E-state index contributed by atoms with van der Waals surface area (Å²) < 4.78 is 40.0. The van der Waals surface area contributed by atoms with E-state index in [0.29, 0.717) is 44.4 Å². The SMILES string of the molecule is O=C(CN1CCCN(C(=O)C2CC(=O)N(c3ccc(F)cc3)C2)CC1)Nc1ccc(F)cc1F. The molecule has 0 aliphatic carbocycles. The van der Waals surface area contributed by atoms with E-state index in [4.69, 9.17) is 0 Å². The van der Waals surface area contributed by atoms with Crippen LogP contribution in [0.5, 0.6) is 0 Å². The summed E-state index contributed by atoms with van der Waals surface area (Å²) in [6.45, 7) is 2.19. The Labute approximate surface area is 195 Å².